The van der Waals surface area contributed by atoms with Gasteiger partial charge in [0.2, 0.25) is 0 Å². The molecule has 2 N–H and O–H groups in total. The monoisotopic (exact) mass is 301 g/mol. The van der Waals surface area contributed by atoms with E-state index in [1.54, 1.807) is 0 Å². The zero-order chi connectivity index (χ0) is 11.5. The second kappa shape index (κ2) is 5.54. The fraction of sp³-hybridized carbons (Fsp3) is 0.500. The largest absolute Gasteiger partial charge is 0.379 e. The molecule has 0 aromatic heterocycles. The van der Waals surface area contributed by atoms with Crippen LogP contribution < -0.4 is 5.73 Å². The van der Waals surface area contributed by atoms with Crippen LogP contribution in [0.2, 0.25) is 0 Å². The summed E-state index contributed by atoms with van der Waals surface area (Å²) in [5.41, 5.74) is 7.36. The van der Waals surface area contributed by atoms with Gasteiger partial charge in [-0.05, 0) is 24.6 Å². The van der Waals surface area contributed by atoms with Crippen molar-refractivity contribution in [1.29, 1.82) is 0 Å². The molecule has 88 valence electrons. The quantitative estimate of drug-likeness (QED) is 0.928. The van der Waals surface area contributed by atoms with Gasteiger partial charge in [-0.3, -0.25) is 0 Å². The highest BCUT2D eigenvalue weighted by molar-refractivity contribution is 9.10. The first kappa shape index (κ1) is 12.4. The van der Waals surface area contributed by atoms with E-state index >= 15 is 0 Å². The van der Waals surface area contributed by atoms with Crippen molar-refractivity contribution in [3.8, 4) is 0 Å². The van der Waals surface area contributed by atoms with Crippen LogP contribution in [0.4, 0.5) is 0 Å². The van der Waals surface area contributed by atoms with Gasteiger partial charge in [0.15, 0.2) is 0 Å². The van der Waals surface area contributed by atoms with Crippen LogP contribution in [0.5, 0.6) is 0 Å². The van der Waals surface area contributed by atoms with E-state index < -0.39 is 0 Å². The number of halogens is 1. The molecule has 0 bridgehead atoms. The van der Waals surface area contributed by atoms with Gasteiger partial charge < -0.3 is 10.5 Å². The Morgan fingerprint density at radius 2 is 2.25 bits per heavy atom. The molecule has 1 aliphatic heterocycles. The number of nitrogens with two attached hydrogens (primary N) is 1. The maximum atomic E-state index is 6.07. The lowest BCUT2D eigenvalue weighted by Crippen LogP contribution is -2.34. The lowest BCUT2D eigenvalue weighted by atomic mass is 10.1. The number of hydrogen-bond donors (Lipinski definition) is 1. The van der Waals surface area contributed by atoms with Crippen molar-refractivity contribution < 1.29 is 4.74 Å². The Morgan fingerprint density at radius 3 is 2.75 bits per heavy atom. The summed E-state index contributed by atoms with van der Waals surface area (Å²) in [7, 11) is 0. The number of benzene rings is 1. The minimum Gasteiger partial charge on any atom is -0.379 e. The Morgan fingerprint density at radius 1 is 1.50 bits per heavy atom. The summed E-state index contributed by atoms with van der Waals surface area (Å²) < 4.78 is 6.32. The van der Waals surface area contributed by atoms with Crippen LogP contribution in [0.25, 0.3) is 0 Å². The van der Waals surface area contributed by atoms with E-state index in [1.165, 1.54) is 5.56 Å². The normalized spacial score (nSPS) is 20.2. The number of hydrogen-bond acceptors (Lipinski definition) is 3. The summed E-state index contributed by atoms with van der Waals surface area (Å²) >= 11 is 5.43. The Hall–Kier alpha value is -0.0300. The smallest absolute Gasteiger partial charge is 0.0608 e. The molecule has 1 fully saturated rings. The molecule has 2 nitrogen and oxygen atoms in total. The number of thioether (sulfide) groups is 1. The summed E-state index contributed by atoms with van der Waals surface area (Å²) in [6, 6.07) is 8.55. The molecule has 1 aromatic rings. The van der Waals surface area contributed by atoms with E-state index in [9.17, 15) is 0 Å². The Labute approximate surface area is 109 Å². The average Bonchev–Trinajstić information content (AvgIpc) is 2.15. The second-order valence-electron chi connectivity index (χ2n) is 4.13. The van der Waals surface area contributed by atoms with Crippen LogP contribution in [0, 0.1) is 0 Å². The molecule has 1 aromatic carbocycles. The minimum absolute atomic E-state index is 0.153. The van der Waals surface area contributed by atoms with Gasteiger partial charge in [0.05, 0.1) is 18.5 Å². The van der Waals surface area contributed by atoms with E-state index in [0.717, 1.165) is 17.7 Å². The molecular weight excluding hydrogens is 286 g/mol. The van der Waals surface area contributed by atoms with Gasteiger partial charge in [0, 0.05) is 15.8 Å². The molecule has 2 unspecified atom stereocenters. The highest BCUT2D eigenvalue weighted by Gasteiger charge is 2.26. The second-order valence-corrected chi connectivity index (χ2v) is 6.49. The van der Waals surface area contributed by atoms with Crippen molar-refractivity contribution in [3.63, 3.8) is 0 Å². The van der Waals surface area contributed by atoms with Crippen molar-refractivity contribution in [2.75, 3.05) is 13.2 Å². The van der Waals surface area contributed by atoms with Gasteiger partial charge in [-0.25, -0.2) is 0 Å². The average molecular weight is 302 g/mol. The van der Waals surface area contributed by atoms with Crippen LogP contribution in [0.15, 0.2) is 28.7 Å². The number of rotatable bonds is 4. The predicted octanol–water partition coefficient (Wildman–Crippen LogP) is 2.97. The van der Waals surface area contributed by atoms with Gasteiger partial charge in [-0.2, -0.15) is 0 Å². The van der Waals surface area contributed by atoms with Crippen molar-refractivity contribution >= 4 is 27.7 Å². The first-order chi connectivity index (χ1) is 7.66. The third kappa shape index (κ3) is 3.00. The summed E-state index contributed by atoms with van der Waals surface area (Å²) in [5.74, 6) is 0. The van der Waals surface area contributed by atoms with Crippen molar-refractivity contribution in [2.24, 2.45) is 5.73 Å². The third-order valence-corrected chi connectivity index (χ3v) is 4.75. The summed E-state index contributed by atoms with van der Waals surface area (Å²) in [5, 5.41) is 0.960. The van der Waals surface area contributed by atoms with E-state index in [0.29, 0.717) is 10.5 Å². The zero-order valence-corrected chi connectivity index (χ0v) is 11.6. The molecule has 0 spiro atoms. The molecular formula is C12H16BrNOS. The van der Waals surface area contributed by atoms with Gasteiger partial charge in [0.1, 0.15) is 0 Å². The molecule has 16 heavy (non-hydrogen) atoms. The lowest BCUT2D eigenvalue weighted by molar-refractivity contribution is 0.0452. The molecule has 2 atom stereocenters. The van der Waals surface area contributed by atoms with Crippen LogP contribution in [-0.4, -0.2) is 24.5 Å². The van der Waals surface area contributed by atoms with Crippen LogP contribution in [0.1, 0.15) is 17.7 Å². The molecule has 1 saturated heterocycles. The molecule has 0 aliphatic carbocycles. The highest BCUT2D eigenvalue weighted by Crippen LogP contribution is 2.37. The topological polar surface area (TPSA) is 35.2 Å². The van der Waals surface area contributed by atoms with E-state index in [-0.39, 0.29) is 6.04 Å². The van der Waals surface area contributed by atoms with Crippen molar-refractivity contribution in [1.82, 2.24) is 0 Å². The molecule has 1 aliphatic rings. The van der Waals surface area contributed by atoms with E-state index in [1.807, 2.05) is 17.8 Å². The summed E-state index contributed by atoms with van der Waals surface area (Å²) in [4.78, 5) is 0. The molecule has 0 amide bonds. The van der Waals surface area contributed by atoms with Crippen molar-refractivity contribution in [3.05, 3.63) is 34.3 Å². The lowest BCUT2D eigenvalue weighted by Gasteiger charge is -2.31. The fourth-order valence-electron chi connectivity index (χ4n) is 1.69. The Balaban J connectivity index is 2.11. The van der Waals surface area contributed by atoms with E-state index in [2.05, 4.69) is 41.1 Å². The first-order valence-corrected chi connectivity index (χ1v) is 7.14. The molecule has 1 heterocycles. The van der Waals surface area contributed by atoms with Crippen LogP contribution >= 0.6 is 27.7 Å². The maximum Gasteiger partial charge on any atom is 0.0608 e. The van der Waals surface area contributed by atoms with Crippen molar-refractivity contribution in [2.45, 2.75) is 23.5 Å². The van der Waals surface area contributed by atoms with Gasteiger partial charge >= 0.3 is 0 Å². The SMILES string of the molecule is CC(N)C(SC1COC1)c1cccc(Br)c1. The maximum absolute atomic E-state index is 6.07. The Kier molecular flexibility index (Phi) is 4.30. The van der Waals surface area contributed by atoms with Gasteiger partial charge in [0.25, 0.3) is 0 Å². The van der Waals surface area contributed by atoms with Crippen LogP contribution in [-0.2, 0) is 4.74 Å². The number of ether oxygens (including phenoxy) is 1. The molecule has 2 rings (SSSR count). The first-order valence-electron chi connectivity index (χ1n) is 5.41. The van der Waals surface area contributed by atoms with E-state index in [4.69, 9.17) is 10.5 Å². The van der Waals surface area contributed by atoms with Gasteiger partial charge in [-0.1, -0.05) is 28.1 Å². The third-order valence-electron chi connectivity index (χ3n) is 2.60. The minimum atomic E-state index is 0.153. The van der Waals surface area contributed by atoms with Crippen LogP contribution in [0.3, 0.4) is 0 Å². The fourth-order valence-corrected chi connectivity index (χ4v) is 3.42. The molecule has 4 heteroatoms. The summed E-state index contributed by atoms with van der Waals surface area (Å²) in [6.07, 6.45) is 0. The standard InChI is InChI=1S/C12H16BrNOS/c1-8(14)12(16-11-6-15-7-11)9-3-2-4-10(13)5-9/h2-5,8,11-12H,6-7,14H2,1H3. The Bertz CT molecular complexity index is 355. The molecule has 0 saturated carbocycles. The highest BCUT2D eigenvalue weighted by atomic mass is 79.9. The predicted molar refractivity (Wildman–Crippen MR) is 72.7 cm³/mol. The zero-order valence-electron chi connectivity index (χ0n) is 9.23. The van der Waals surface area contributed by atoms with Gasteiger partial charge in [-0.15, -0.1) is 11.8 Å². The molecule has 0 radical (unpaired) electrons. The summed E-state index contributed by atoms with van der Waals surface area (Å²) in [6.45, 7) is 3.79.